The molecule has 0 aliphatic rings. The Morgan fingerprint density at radius 1 is 1.17 bits per heavy atom. The van der Waals surface area contributed by atoms with Gasteiger partial charge in [-0.25, -0.2) is 0 Å². The molecule has 0 aliphatic carbocycles. The predicted octanol–water partition coefficient (Wildman–Crippen LogP) is 4.87. The van der Waals surface area contributed by atoms with Gasteiger partial charge in [-0.1, -0.05) is 67.3 Å². The van der Waals surface area contributed by atoms with Crippen LogP contribution in [0.25, 0.3) is 10.8 Å². The molecule has 3 nitrogen and oxygen atoms in total. The fourth-order valence-corrected chi connectivity index (χ4v) is 2.56. The number of ketones is 1. The summed E-state index contributed by atoms with van der Waals surface area (Å²) >= 11 is 0. The van der Waals surface area contributed by atoms with Crippen molar-refractivity contribution in [3.63, 3.8) is 0 Å². The molecule has 0 N–H and O–H groups in total. The number of ether oxygens (including phenoxy) is 1. The molecule has 0 saturated carbocycles. The highest BCUT2D eigenvalue weighted by Crippen LogP contribution is 2.20. The summed E-state index contributed by atoms with van der Waals surface area (Å²) in [5.41, 5.74) is 0.550. The highest BCUT2D eigenvalue weighted by molar-refractivity contribution is 6.13. The molecule has 0 saturated heterocycles. The van der Waals surface area contributed by atoms with Crippen molar-refractivity contribution >= 4 is 22.5 Å². The minimum absolute atomic E-state index is 0.229. The van der Waals surface area contributed by atoms with E-state index in [1.54, 1.807) is 12.1 Å². The fourth-order valence-electron chi connectivity index (χ4n) is 2.56. The van der Waals surface area contributed by atoms with Gasteiger partial charge >= 0.3 is 5.97 Å². The molecular weight excluding hydrogens is 300 g/mol. The molecule has 0 spiro atoms. The molecule has 0 fully saturated rings. The lowest BCUT2D eigenvalue weighted by Crippen LogP contribution is -2.18. The van der Waals surface area contributed by atoms with Gasteiger partial charge in [0.05, 0.1) is 0 Å². The average molecular weight is 322 g/mol. The van der Waals surface area contributed by atoms with Crippen molar-refractivity contribution in [3.05, 3.63) is 72.8 Å². The van der Waals surface area contributed by atoms with Gasteiger partial charge in [0, 0.05) is 5.56 Å². The number of rotatable bonds is 8. The van der Waals surface area contributed by atoms with Crippen LogP contribution in [0.3, 0.4) is 0 Å². The zero-order valence-corrected chi connectivity index (χ0v) is 13.9. The second-order valence-corrected chi connectivity index (χ2v) is 5.54. The molecule has 2 aromatic rings. The van der Waals surface area contributed by atoms with Crippen LogP contribution >= 0.6 is 0 Å². The number of esters is 1. The first kappa shape index (κ1) is 17.7. The van der Waals surface area contributed by atoms with E-state index in [-0.39, 0.29) is 18.3 Å². The van der Waals surface area contributed by atoms with Gasteiger partial charge in [-0.15, -0.1) is 0 Å². The Morgan fingerprint density at radius 2 is 1.92 bits per heavy atom. The Hall–Kier alpha value is -2.68. The number of allylic oxidation sites excluding steroid dienone is 2. The summed E-state index contributed by atoms with van der Waals surface area (Å²) in [4.78, 5) is 24.5. The summed E-state index contributed by atoms with van der Waals surface area (Å²) in [7, 11) is 0. The van der Waals surface area contributed by atoms with Crippen molar-refractivity contribution in [2.24, 2.45) is 0 Å². The largest absolute Gasteiger partial charge is 0.458 e. The zero-order chi connectivity index (χ0) is 17.4. The average Bonchev–Trinajstić information content (AvgIpc) is 2.60. The number of hydrogen-bond acceptors (Lipinski definition) is 3. The minimum atomic E-state index is -0.515. The summed E-state index contributed by atoms with van der Waals surface area (Å²) in [5.74, 6) is -0.744. The monoisotopic (exact) mass is 322 g/mol. The summed E-state index contributed by atoms with van der Waals surface area (Å²) < 4.78 is 5.34. The molecule has 0 heterocycles. The van der Waals surface area contributed by atoms with E-state index in [4.69, 9.17) is 4.74 Å². The third-order valence-corrected chi connectivity index (χ3v) is 3.79. The number of fused-ring (bicyclic) bond motifs is 1. The number of benzene rings is 2. The standard InChI is InChI=1S/C21H22O3/c1-3-5-6-12-17(4-2)24-21(23)15-20(22)19-14-9-11-16-10-7-8-13-18(16)19/h3-5,7-11,13-14,17H,2,6,12,15H2,1H3. The number of carbonyl (C=O) groups excluding carboxylic acids is 2. The van der Waals surface area contributed by atoms with Crippen LogP contribution in [0.15, 0.2) is 67.3 Å². The maximum Gasteiger partial charge on any atom is 0.314 e. The van der Waals surface area contributed by atoms with Gasteiger partial charge in [0.25, 0.3) is 0 Å². The van der Waals surface area contributed by atoms with Gasteiger partial charge in [0.1, 0.15) is 12.5 Å². The molecule has 0 bridgehead atoms. The van der Waals surface area contributed by atoms with Crippen LogP contribution in [0.2, 0.25) is 0 Å². The lowest BCUT2D eigenvalue weighted by molar-refractivity contribution is -0.145. The van der Waals surface area contributed by atoms with Gasteiger partial charge in [0.15, 0.2) is 5.78 Å². The van der Waals surface area contributed by atoms with Crippen molar-refractivity contribution in [2.45, 2.75) is 32.3 Å². The zero-order valence-electron chi connectivity index (χ0n) is 13.9. The van der Waals surface area contributed by atoms with Crippen LogP contribution in [-0.4, -0.2) is 17.9 Å². The van der Waals surface area contributed by atoms with E-state index in [0.717, 1.165) is 17.2 Å². The third-order valence-electron chi connectivity index (χ3n) is 3.79. The quantitative estimate of drug-likeness (QED) is 0.301. The van der Waals surface area contributed by atoms with Crippen LogP contribution in [0, 0.1) is 0 Å². The van der Waals surface area contributed by atoms with Crippen molar-refractivity contribution in [1.82, 2.24) is 0 Å². The Morgan fingerprint density at radius 3 is 2.67 bits per heavy atom. The molecule has 1 unspecified atom stereocenters. The first-order chi connectivity index (χ1) is 11.7. The maximum absolute atomic E-state index is 12.5. The molecule has 124 valence electrons. The maximum atomic E-state index is 12.5. The van der Waals surface area contributed by atoms with Gasteiger partial charge in [-0.3, -0.25) is 9.59 Å². The molecular formula is C21H22O3. The number of hydrogen-bond donors (Lipinski definition) is 0. The van der Waals surface area contributed by atoms with Crippen LogP contribution in [0.4, 0.5) is 0 Å². The predicted molar refractivity (Wildman–Crippen MR) is 97.0 cm³/mol. The van der Waals surface area contributed by atoms with E-state index in [1.807, 2.05) is 55.5 Å². The molecule has 0 radical (unpaired) electrons. The lowest BCUT2D eigenvalue weighted by atomic mass is 10.00. The molecule has 0 amide bonds. The highest BCUT2D eigenvalue weighted by Gasteiger charge is 2.17. The van der Waals surface area contributed by atoms with E-state index >= 15 is 0 Å². The third kappa shape index (κ3) is 4.66. The topological polar surface area (TPSA) is 43.4 Å². The molecule has 2 aromatic carbocycles. The van der Waals surface area contributed by atoms with Gasteiger partial charge < -0.3 is 4.74 Å². The van der Waals surface area contributed by atoms with E-state index in [9.17, 15) is 9.59 Å². The van der Waals surface area contributed by atoms with Crippen molar-refractivity contribution < 1.29 is 14.3 Å². The van der Waals surface area contributed by atoms with Crippen molar-refractivity contribution in [3.8, 4) is 0 Å². The Kier molecular flexibility index (Phi) is 6.50. The number of carbonyl (C=O) groups is 2. The molecule has 1 atom stereocenters. The second kappa shape index (κ2) is 8.82. The number of Topliss-reactive ketones (excluding diaryl/α,β-unsaturated/α-hetero) is 1. The highest BCUT2D eigenvalue weighted by atomic mass is 16.5. The van der Waals surface area contributed by atoms with Crippen LogP contribution in [0.5, 0.6) is 0 Å². The SMILES string of the molecule is C=CC(CCC=CC)OC(=O)CC(=O)c1cccc2ccccc12. The molecule has 24 heavy (non-hydrogen) atoms. The summed E-state index contributed by atoms with van der Waals surface area (Å²) in [6.45, 7) is 5.63. The van der Waals surface area contributed by atoms with Gasteiger partial charge in [-0.05, 0) is 30.5 Å². The van der Waals surface area contributed by atoms with Gasteiger partial charge in [0.2, 0.25) is 0 Å². The van der Waals surface area contributed by atoms with Crippen molar-refractivity contribution in [2.75, 3.05) is 0 Å². The van der Waals surface area contributed by atoms with E-state index in [2.05, 4.69) is 6.58 Å². The normalized spacial score (nSPS) is 12.2. The Labute approximate surface area is 142 Å². The van der Waals surface area contributed by atoms with Crippen LogP contribution < -0.4 is 0 Å². The summed E-state index contributed by atoms with van der Waals surface area (Å²) in [6, 6.07) is 13.1. The smallest absolute Gasteiger partial charge is 0.314 e. The van der Waals surface area contributed by atoms with E-state index in [0.29, 0.717) is 12.0 Å². The fraction of sp³-hybridized carbons (Fsp3) is 0.238. The second-order valence-electron chi connectivity index (χ2n) is 5.54. The van der Waals surface area contributed by atoms with Crippen LogP contribution in [-0.2, 0) is 9.53 Å². The molecule has 2 rings (SSSR count). The summed E-state index contributed by atoms with van der Waals surface area (Å²) in [6.07, 6.45) is 6.40. The summed E-state index contributed by atoms with van der Waals surface area (Å²) in [5, 5.41) is 1.83. The van der Waals surface area contributed by atoms with E-state index < -0.39 is 5.97 Å². The van der Waals surface area contributed by atoms with Crippen molar-refractivity contribution in [1.29, 1.82) is 0 Å². The molecule has 0 aliphatic heterocycles. The first-order valence-electron chi connectivity index (χ1n) is 8.10. The first-order valence-corrected chi connectivity index (χ1v) is 8.10. The minimum Gasteiger partial charge on any atom is -0.458 e. The van der Waals surface area contributed by atoms with E-state index in [1.165, 1.54) is 0 Å². The molecule has 0 aromatic heterocycles. The Bertz CT molecular complexity index is 753. The Balaban J connectivity index is 2.02. The van der Waals surface area contributed by atoms with Gasteiger partial charge in [-0.2, -0.15) is 0 Å². The molecule has 3 heteroatoms. The lowest BCUT2D eigenvalue weighted by Gasteiger charge is -2.13. The van der Waals surface area contributed by atoms with Crippen LogP contribution in [0.1, 0.15) is 36.5 Å².